The van der Waals surface area contributed by atoms with Crippen LogP contribution >= 0.6 is 11.6 Å². The van der Waals surface area contributed by atoms with Crippen molar-refractivity contribution in [3.8, 4) is 0 Å². The van der Waals surface area contributed by atoms with E-state index in [4.69, 9.17) is 11.6 Å². The molecular weight excluding hydrogens is 198 g/mol. The topological polar surface area (TPSA) is 22.0 Å². The highest BCUT2D eigenvalue weighted by atomic mass is 35.5. The number of alkyl halides is 1. The number of Topliss-reactive ketones (excluding diaryl/α,β-unsaturated/α-hetero) is 1. The molecule has 0 bridgehead atoms. The highest BCUT2D eigenvalue weighted by Gasteiger charge is 2.27. The standard InChI is InChI=1S/C11H14ClNO/c1-7-5-10(11(14)6-12)8(2)13(7)9-3-4-9/h5,9H,3-4,6H2,1-2H3. The lowest BCUT2D eigenvalue weighted by Gasteiger charge is -2.06. The number of rotatable bonds is 3. The fraction of sp³-hybridized carbons (Fsp3) is 0.545. The van der Waals surface area contributed by atoms with Gasteiger partial charge in [-0.15, -0.1) is 11.6 Å². The van der Waals surface area contributed by atoms with Gasteiger partial charge in [-0.05, 0) is 32.8 Å². The lowest BCUT2D eigenvalue weighted by molar-refractivity contribution is 0.102. The minimum absolute atomic E-state index is 0.0340. The largest absolute Gasteiger partial charge is 0.345 e. The van der Waals surface area contributed by atoms with Gasteiger partial charge in [0.25, 0.3) is 0 Å². The van der Waals surface area contributed by atoms with E-state index in [1.807, 2.05) is 13.0 Å². The van der Waals surface area contributed by atoms with Gasteiger partial charge < -0.3 is 4.57 Å². The van der Waals surface area contributed by atoms with Gasteiger partial charge in [0.1, 0.15) is 0 Å². The van der Waals surface area contributed by atoms with E-state index in [1.165, 1.54) is 18.5 Å². The van der Waals surface area contributed by atoms with Gasteiger partial charge >= 0.3 is 0 Å². The van der Waals surface area contributed by atoms with Crippen LogP contribution < -0.4 is 0 Å². The van der Waals surface area contributed by atoms with Crippen molar-refractivity contribution in [1.82, 2.24) is 4.57 Å². The fourth-order valence-corrected chi connectivity index (χ4v) is 2.17. The third-order valence-electron chi connectivity index (χ3n) is 2.82. The first kappa shape index (κ1) is 9.78. The molecule has 0 atom stereocenters. The summed E-state index contributed by atoms with van der Waals surface area (Å²) in [5.41, 5.74) is 3.05. The van der Waals surface area contributed by atoms with Crippen molar-refractivity contribution < 1.29 is 4.79 Å². The SMILES string of the molecule is Cc1cc(C(=O)CCl)c(C)n1C1CC1. The van der Waals surface area contributed by atoms with E-state index in [0.29, 0.717) is 6.04 Å². The Kier molecular flexibility index (Phi) is 2.40. The van der Waals surface area contributed by atoms with E-state index < -0.39 is 0 Å². The number of halogens is 1. The van der Waals surface area contributed by atoms with Crippen LogP contribution in [-0.4, -0.2) is 16.2 Å². The maximum Gasteiger partial charge on any atom is 0.179 e. The zero-order valence-electron chi connectivity index (χ0n) is 8.51. The Morgan fingerprint density at radius 2 is 2.21 bits per heavy atom. The average Bonchev–Trinajstić information content (AvgIpc) is 2.93. The van der Waals surface area contributed by atoms with E-state index in [2.05, 4.69) is 11.5 Å². The molecule has 1 aromatic heterocycles. The van der Waals surface area contributed by atoms with E-state index in [9.17, 15) is 4.79 Å². The molecule has 1 aliphatic carbocycles. The van der Waals surface area contributed by atoms with Gasteiger partial charge in [-0.3, -0.25) is 4.79 Å². The van der Waals surface area contributed by atoms with Crippen LogP contribution in [0.4, 0.5) is 0 Å². The second-order valence-corrected chi connectivity index (χ2v) is 4.21. The number of hydrogen-bond acceptors (Lipinski definition) is 1. The quantitative estimate of drug-likeness (QED) is 0.557. The van der Waals surface area contributed by atoms with Gasteiger partial charge in [-0.25, -0.2) is 0 Å². The van der Waals surface area contributed by atoms with Crippen LogP contribution in [0.5, 0.6) is 0 Å². The molecule has 76 valence electrons. The fourth-order valence-electron chi connectivity index (χ4n) is 2.03. The van der Waals surface area contributed by atoms with Crippen LogP contribution in [0.15, 0.2) is 6.07 Å². The first-order valence-electron chi connectivity index (χ1n) is 4.92. The molecular formula is C11H14ClNO. The van der Waals surface area contributed by atoms with Crippen LogP contribution in [0.1, 0.15) is 40.6 Å². The summed E-state index contributed by atoms with van der Waals surface area (Å²) in [6, 6.07) is 2.59. The minimum Gasteiger partial charge on any atom is -0.345 e. The van der Waals surface area contributed by atoms with Crippen LogP contribution in [0.25, 0.3) is 0 Å². The van der Waals surface area contributed by atoms with Crippen LogP contribution in [0.3, 0.4) is 0 Å². The molecule has 1 fully saturated rings. The Hall–Kier alpha value is -0.760. The van der Waals surface area contributed by atoms with Crippen molar-refractivity contribution in [2.75, 3.05) is 5.88 Å². The van der Waals surface area contributed by atoms with E-state index in [-0.39, 0.29) is 11.7 Å². The van der Waals surface area contributed by atoms with Gasteiger partial charge in [0.2, 0.25) is 0 Å². The molecule has 2 rings (SSSR count). The molecule has 1 aliphatic rings. The molecule has 1 saturated carbocycles. The zero-order chi connectivity index (χ0) is 10.3. The third-order valence-corrected chi connectivity index (χ3v) is 3.06. The van der Waals surface area contributed by atoms with Gasteiger partial charge in [0.15, 0.2) is 5.78 Å². The monoisotopic (exact) mass is 211 g/mol. The van der Waals surface area contributed by atoms with Gasteiger partial charge in [-0.2, -0.15) is 0 Å². The number of nitrogens with zero attached hydrogens (tertiary/aromatic N) is 1. The molecule has 2 nitrogen and oxygen atoms in total. The lowest BCUT2D eigenvalue weighted by Crippen LogP contribution is -2.04. The zero-order valence-corrected chi connectivity index (χ0v) is 9.27. The molecule has 3 heteroatoms. The molecule has 0 amide bonds. The molecule has 14 heavy (non-hydrogen) atoms. The molecule has 1 aromatic rings. The highest BCUT2D eigenvalue weighted by Crippen LogP contribution is 2.38. The molecule has 0 aromatic carbocycles. The Bertz CT molecular complexity index is 377. The summed E-state index contributed by atoms with van der Waals surface area (Å²) >= 11 is 5.56. The number of carbonyl (C=O) groups is 1. The Morgan fingerprint density at radius 1 is 1.57 bits per heavy atom. The Balaban J connectivity index is 2.43. The Labute approximate surface area is 88.9 Å². The Morgan fingerprint density at radius 3 is 2.71 bits per heavy atom. The maximum atomic E-state index is 11.5. The van der Waals surface area contributed by atoms with Gasteiger partial charge in [0.05, 0.1) is 5.88 Å². The number of ketones is 1. The average molecular weight is 212 g/mol. The number of carbonyl (C=O) groups excluding carboxylic acids is 1. The number of hydrogen-bond donors (Lipinski definition) is 0. The summed E-state index contributed by atoms with van der Waals surface area (Å²) in [6.07, 6.45) is 2.48. The second-order valence-electron chi connectivity index (χ2n) is 3.94. The summed E-state index contributed by atoms with van der Waals surface area (Å²) in [4.78, 5) is 11.5. The van der Waals surface area contributed by atoms with E-state index >= 15 is 0 Å². The molecule has 0 radical (unpaired) electrons. The maximum absolute atomic E-state index is 11.5. The van der Waals surface area contributed by atoms with Crippen molar-refractivity contribution in [2.45, 2.75) is 32.7 Å². The van der Waals surface area contributed by atoms with Gasteiger partial charge in [0, 0.05) is 23.0 Å². The van der Waals surface area contributed by atoms with Gasteiger partial charge in [-0.1, -0.05) is 0 Å². The summed E-state index contributed by atoms with van der Waals surface area (Å²) in [5, 5.41) is 0. The van der Waals surface area contributed by atoms with Crippen molar-refractivity contribution in [1.29, 1.82) is 0 Å². The first-order valence-corrected chi connectivity index (χ1v) is 5.46. The predicted molar refractivity (Wildman–Crippen MR) is 57.2 cm³/mol. The smallest absolute Gasteiger partial charge is 0.179 e. The lowest BCUT2D eigenvalue weighted by atomic mass is 10.2. The third kappa shape index (κ3) is 1.48. The van der Waals surface area contributed by atoms with Crippen molar-refractivity contribution in [3.05, 3.63) is 23.0 Å². The highest BCUT2D eigenvalue weighted by molar-refractivity contribution is 6.30. The van der Waals surface area contributed by atoms with E-state index in [0.717, 1.165) is 11.3 Å². The van der Waals surface area contributed by atoms with Crippen molar-refractivity contribution in [2.24, 2.45) is 0 Å². The molecule has 0 aliphatic heterocycles. The summed E-state index contributed by atoms with van der Waals surface area (Å²) in [5.74, 6) is 0.112. The molecule has 0 unspecified atom stereocenters. The summed E-state index contributed by atoms with van der Waals surface area (Å²) < 4.78 is 2.26. The molecule has 0 N–H and O–H groups in total. The molecule has 0 spiro atoms. The van der Waals surface area contributed by atoms with Crippen LogP contribution in [0, 0.1) is 13.8 Å². The first-order chi connectivity index (χ1) is 6.65. The van der Waals surface area contributed by atoms with Crippen LogP contribution in [0.2, 0.25) is 0 Å². The molecule has 0 saturated heterocycles. The second kappa shape index (κ2) is 3.43. The number of aryl methyl sites for hydroxylation is 1. The predicted octanol–water partition coefficient (Wildman–Crippen LogP) is 2.86. The summed E-state index contributed by atoms with van der Waals surface area (Å²) in [7, 11) is 0. The van der Waals surface area contributed by atoms with E-state index in [1.54, 1.807) is 0 Å². The minimum atomic E-state index is 0.0340. The van der Waals surface area contributed by atoms with Crippen molar-refractivity contribution in [3.63, 3.8) is 0 Å². The molecule has 1 heterocycles. The van der Waals surface area contributed by atoms with Crippen LogP contribution in [-0.2, 0) is 0 Å². The number of aromatic nitrogens is 1. The summed E-state index contributed by atoms with van der Waals surface area (Å²) in [6.45, 7) is 4.06. The van der Waals surface area contributed by atoms with Crippen molar-refractivity contribution >= 4 is 17.4 Å². The normalized spacial score (nSPS) is 15.9.